The number of hydrogen-bond donors (Lipinski definition) is 6. The molecule has 0 spiro atoms. The van der Waals surface area contributed by atoms with Crippen molar-refractivity contribution < 1.29 is 63.1 Å². The molecule has 8 atom stereocenters. The third kappa shape index (κ3) is 30.0. The second kappa shape index (κ2) is 38.1. The highest BCUT2D eigenvalue weighted by molar-refractivity contribution is 7.47. The number of phosphoric acid groups is 1. The van der Waals surface area contributed by atoms with Crippen LogP contribution in [0.25, 0.3) is 0 Å². The highest BCUT2D eigenvalue weighted by atomic mass is 31.2. The third-order valence-electron chi connectivity index (χ3n) is 10.9. The molecule has 0 bridgehead atoms. The molecule has 62 heavy (non-hydrogen) atoms. The standard InChI is InChI=1S/C48H85O13P/c1-3-5-7-9-11-13-15-17-19-20-21-22-23-25-26-28-30-32-34-36-41(49)58-38-40(39-59-62(56,57)61-48-46(54)44(52)43(51)45(53)47(48)55)60-42(50)37-35-33-31-29-27-24-18-16-14-12-10-8-6-4-2/h10-13,16-19,40,43-48,51-55H,3-9,14-15,20-39H2,1-2H3,(H,56,57)/b12-10-,13-11-,18-16-,19-17-/t40-,43?,44-,45?,46?,47?,48?/m1/s1. The summed E-state index contributed by atoms with van der Waals surface area (Å²) in [6, 6.07) is 0. The van der Waals surface area contributed by atoms with E-state index in [9.17, 15) is 44.6 Å². The topological polar surface area (TPSA) is 210 Å². The largest absolute Gasteiger partial charge is 0.472 e. The lowest BCUT2D eigenvalue weighted by atomic mass is 9.85. The number of rotatable bonds is 39. The number of aliphatic hydroxyl groups excluding tert-OH is 5. The van der Waals surface area contributed by atoms with Crippen LogP contribution in [-0.2, 0) is 32.7 Å². The normalized spacial score (nSPS) is 22.3. The molecule has 1 aliphatic rings. The number of phosphoric ester groups is 1. The monoisotopic (exact) mass is 901 g/mol. The first-order valence-electron chi connectivity index (χ1n) is 23.9. The first-order valence-corrected chi connectivity index (χ1v) is 25.4. The average Bonchev–Trinajstić information content (AvgIpc) is 3.25. The van der Waals surface area contributed by atoms with Crippen LogP contribution < -0.4 is 0 Å². The van der Waals surface area contributed by atoms with Crippen LogP contribution in [0.5, 0.6) is 0 Å². The van der Waals surface area contributed by atoms with Gasteiger partial charge in [0.2, 0.25) is 0 Å². The quantitative estimate of drug-likeness (QED) is 0.0147. The zero-order chi connectivity index (χ0) is 45.7. The molecule has 1 rings (SSSR count). The maximum Gasteiger partial charge on any atom is 0.472 e. The van der Waals surface area contributed by atoms with E-state index >= 15 is 0 Å². The van der Waals surface area contributed by atoms with Gasteiger partial charge in [-0.1, -0.05) is 152 Å². The fourth-order valence-electron chi connectivity index (χ4n) is 6.98. The van der Waals surface area contributed by atoms with Crippen LogP contribution in [0.1, 0.15) is 187 Å². The van der Waals surface area contributed by atoms with Crippen molar-refractivity contribution in [1.29, 1.82) is 0 Å². The minimum absolute atomic E-state index is 0.0786. The molecule has 360 valence electrons. The van der Waals surface area contributed by atoms with Crippen LogP contribution in [-0.4, -0.2) is 98.3 Å². The van der Waals surface area contributed by atoms with Crippen molar-refractivity contribution in [2.45, 2.75) is 230 Å². The number of carbonyl (C=O) groups is 2. The Labute approximate surface area is 373 Å². The molecule has 6 N–H and O–H groups in total. The molecule has 14 heteroatoms. The Morgan fingerprint density at radius 1 is 0.500 bits per heavy atom. The zero-order valence-corrected chi connectivity index (χ0v) is 39.0. The molecular weight excluding hydrogens is 815 g/mol. The number of ether oxygens (including phenoxy) is 2. The van der Waals surface area contributed by atoms with Crippen molar-refractivity contribution in [3.63, 3.8) is 0 Å². The Morgan fingerprint density at radius 2 is 0.887 bits per heavy atom. The van der Waals surface area contributed by atoms with E-state index in [0.717, 1.165) is 83.5 Å². The SMILES string of the molecule is CCCC/C=C\C/C=C\CCCCCCCC(=O)O[C@H](COC(=O)CCCCCCCCCCC/C=C\C/C=C\CCCCC)COP(=O)(O)OC1C(O)C(O)C(O)[C@@H](O)C1O. The van der Waals surface area contributed by atoms with Crippen LogP contribution >= 0.6 is 7.82 Å². The fraction of sp³-hybridized carbons (Fsp3) is 0.792. The molecule has 0 aromatic heterocycles. The van der Waals surface area contributed by atoms with Crippen molar-refractivity contribution in [3.05, 3.63) is 48.6 Å². The lowest BCUT2D eigenvalue weighted by Crippen LogP contribution is -2.64. The third-order valence-corrected chi connectivity index (χ3v) is 11.9. The predicted octanol–water partition coefficient (Wildman–Crippen LogP) is 9.56. The van der Waals surface area contributed by atoms with E-state index in [-0.39, 0.29) is 12.8 Å². The van der Waals surface area contributed by atoms with Crippen molar-refractivity contribution >= 4 is 19.8 Å². The summed E-state index contributed by atoms with van der Waals surface area (Å²) < 4.78 is 33.5. The number of hydrogen-bond acceptors (Lipinski definition) is 12. The number of esters is 2. The molecular formula is C48H85O13P. The molecule has 1 saturated carbocycles. The predicted molar refractivity (Wildman–Crippen MR) is 244 cm³/mol. The Bertz CT molecular complexity index is 1270. The number of carbonyl (C=O) groups excluding carboxylic acids is 2. The average molecular weight is 901 g/mol. The van der Waals surface area contributed by atoms with E-state index in [1.807, 2.05) is 0 Å². The van der Waals surface area contributed by atoms with Crippen LogP contribution in [0, 0.1) is 0 Å². The molecule has 0 saturated heterocycles. The minimum Gasteiger partial charge on any atom is -0.462 e. The summed E-state index contributed by atoms with van der Waals surface area (Å²) in [7, 11) is -5.12. The summed E-state index contributed by atoms with van der Waals surface area (Å²) in [5.41, 5.74) is 0. The zero-order valence-electron chi connectivity index (χ0n) is 38.2. The molecule has 6 unspecified atom stereocenters. The summed E-state index contributed by atoms with van der Waals surface area (Å²) in [6.45, 7) is 3.22. The summed E-state index contributed by atoms with van der Waals surface area (Å²) in [5.74, 6) is -1.12. The van der Waals surface area contributed by atoms with Gasteiger partial charge in [-0.2, -0.15) is 0 Å². The first-order chi connectivity index (χ1) is 29.9. The Kier molecular flexibility index (Phi) is 35.5. The summed E-state index contributed by atoms with van der Waals surface area (Å²) in [5, 5.41) is 50.2. The van der Waals surface area contributed by atoms with Crippen LogP contribution in [0.2, 0.25) is 0 Å². The molecule has 13 nitrogen and oxygen atoms in total. The van der Waals surface area contributed by atoms with Gasteiger partial charge >= 0.3 is 19.8 Å². The van der Waals surface area contributed by atoms with Crippen molar-refractivity contribution in [2.75, 3.05) is 13.2 Å². The summed E-state index contributed by atoms with van der Waals surface area (Å²) >= 11 is 0. The lowest BCUT2D eigenvalue weighted by Gasteiger charge is -2.41. The molecule has 0 aromatic carbocycles. The maximum atomic E-state index is 12.8. The van der Waals surface area contributed by atoms with Gasteiger partial charge in [0.15, 0.2) is 6.10 Å². The van der Waals surface area contributed by atoms with Gasteiger partial charge in [0.05, 0.1) is 6.61 Å². The van der Waals surface area contributed by atoms with Crippen LogP contribution in [0.3, 0.4) is 0 Å². The molecule has 0 amide bonds. The number of allylic oxidation sites excluding steroid dienone is 8. The highest BCUT2D eigenvalue weighted by Crippen LogP contribution is 2.47. The van der Waals surface area contributed by atoms with E-state index in [0.29, 0.717) is 12.8 Å². The molecule has 0 heterocycles. The number of aliphatic hydroxyl groups is 5. The van der Waals surface area contributed by atoms with E-state index < -0.39 is 75.7 Å². The van der Waals surface area contributed by atoms with E-state index in [2.05, 4.69) is 62.5 Å². The van der Waals surface area contributed by atoms with Gasteiger partial charge in [0, 0.05) is 12.8 Å². The molecule has 0 radical (unpaired) electrons. The van der Waals surface area contributed by atoms with Crippen LogP contribution in [0.15, 0.2) is 48.6 Å². The van der Waals surface area contributed by atoms with Gasteiger partial charge in [-0.25, -0.2) is 4.57 Å². The van der Waals surface area contributed by atoms with Gasteiger partial charge in [-0.05, 0) is 70.6 Å². The molecule has 1 aliphatic carbocycles. The minimum atomic E-state index is -5.12. The van der Waals surface area contributed by atoms with Gasteiger partial charge in [0.25, 0.3) is 0 Å². The van der Waals surface area contributed by atoms with Crippen molar-refractivity contribution in [1.82, 2.24) is 0 Å². The fourth-order valence-corrected chi connectivity index (χ4v) is 7.95. The Morgan fingerprint density at radius 3 is 1.35 bits per heavy atom. The Hall–Kier alpha value is -2.19. The second-order valence-corrected chi connectivity index (χ2v) is 18.0. The molecule has 0 aromatic rings. The van der Waals surface area contributed by atoms with E-state index in [1.165, 1.54) is 64.2 Å². The second-order valence-electron chi connectivity index (χ2n) is 16.6. The van der Waals surface area contributed by atoms with Crippen molar-refractivity contribution in [3.8, 4) is 0 Å². The lowest BCUT2D eigenvalue weighted by molar-refractivity contribution is -0.220. The van der Waals surface area contributed by atoms with Gasteiger partial charge in [0.1, 0.15) is 43.2 Å². The molecule has 0 aliphatic heterocycles. The molecule has 1 fully saturated rings. The van der Waals surface area contributed by atoms with Gasteiger partial charge in [-0.3, -0.25) is 18.6 Å². The van der Waals surface area contributed by atoms with E-state index in [1.54, 1.807) is 0 Å². The number of unbranched alkanes of at least 4 members (excludes halogenated alkanes) is 19. The van der Waals surface area contributed by atoms with E-state index in [4.69, 9.17) is 18.5 Å². The smallest absolute Gasteiger partial charge is 0.462 e. The Balaban J connectivity index is 2.43. The highest BCUT2D eigenvalue weighted by Gasteiger charge is 2.51. The first kappa shape index (κ1) is 57.8. The van der Waals surface area contributed by atoms with Gasteiger partial charge in [-0.15, -0.1) is 0 Å². The summed E-state index contributed by atoms with van der Waals surface area (Å²) in [4.78, 5) is 35.7. The maximum absolute atomic E-state index is 12.8. The van der Waals surface area contributed by atoms with Gasteiger partial charge < -0.3 is 39.9 Å². The van der Waals surface area contributed by atoms with Crippen molar-refractivity contribution in [2.24, 2.45) is 0 Å². The summed E-state index contributed by atoms with van der Waals surface area (Å²) in [6.07, 6.45) is 31.6. The van der Waals surface area contributed by atoms with Crippen LogP contribution in [0.4, 0.5) is 0 Å².